The van der Waals surface area contributed by atoms with Crippen molar-refractivity contribution in [3.63, 3.8) is 0 Å². The van der Waals surface area contributed by atoms with E-state index in [0.29, 0.717) is 0 Å². The lowest BCUT2D eigenvalue weighted by Crippen LogP contribution is -2.88. The smallest absolute Gasteiger partial charge is 0.103 e. The van der Waals surface area contributed by atoms with E-state index in [0.717, 1.165) is 12.6 Å². The maximum Gasteiger partial charge on any atom is 0.103 e. The SMILES string of the molecule is c1cncc(C[NH2+]C2CCCCC2)c1. The second-order valence-electron chi connectivity index (χ2n) is 4.20. The van der Waals surface area contributed by atoms with E-state index in [1.165, 1.54) is 37.7 Å². The van der Waals surface area contributed by atoms with Crippen molar-refractivity contribution in [2.75, 3.05) is 0 Å². The highest BCUT2D eigenvalue weighted by molar-refractivity contribution is 5.06. The summed E-state index contributed by atoms with van der Waals surface area (Å²) in [5, 5.41) is 2.48. The second kappa shape index (κ2) is 5.11. The van der Waals surface area contributed by atoms with Crippen molar-refractivity contribution >= 4 is 0 Å². The van der Waals surface area contributed by atoms with E-state index in [-0.39, 0.29) is 0 Å². The summed E-state index contributed by atoms with van der Waals surface area (Å²) in [4.78, 5) is 4.13. The summed E-state index contributed by atoms with van der Waals surface area (Å²) in [5.41, 5.74) is 1.35. The van der Waals surface area contributed by atoms with E-state index in [1.807, 2.05) is 18.5 Å². The lowest BCUT2D eigenvalue weighted by Gasteiger charge is -2.19. The number of nitrogens with zero attached hydrogens (tertiary/aromatic N) is 1. The van der Waals surface area contributed by atoms with Crippen LogP contribution in [-0.2, 0) is 6.54 Å². The summed E-state index contributed by atoms with van der Waals surface area (Å²) in [5.74, 6) is 0. The molecular formula is C12H19N2+. The van der Waals surface area contributed by atoms with Gasteiger partial charge < -0.3 is 5.32 Å². The van der Waals surface area contributed by atoms with Gasteiger partial charge in [0, 0.05) is 18.0 Å². The molecule has 1 aromatic heterocycles. The summed E-state index contributed by atoms with van der Waals surface area (Å²) in [7, 11) is 0. The molecule has 0 radical (unpaired) electrons. The van der Waals surface area contributed by atoms with E-state index >= 15 is 0 Å². The van der Waals surface area contributed by atoms with E-state index in [4.69, 9.17) is 0 Å². The van der Waals surface area contributed by atoms with Gasteiger partial charge in [0.1, 0.15) is 6.54 Å². The van der Waals surface area contributed by atoms with Crippen molar-refractivity contribution < 1.29 is 5.32 Å². The molecule has 1 saturated carbocycles. The molecule has 2 rings (SSSR count). The van der Waals surface area contributed by atoms with Gasteiger partial charge in [0.25, 0.3) is 0 Å². The van der Waals surface area contributed by atoms with Crippen LogP contribution in [0.5, 0.6) is 0 Å². The van der Waals surface area contributed by atoms with Crippen LogP contribution in [0.2, 0.25) is 0 Å². The molecule has 0 spiro atoms. The van der Waals surface area contributed by atoms with Gasteiger partial charge in [-0.25, -0.2) is 0 Å². The van der Waals surface area contributed by atoms with E-state index in [2.05, 4.69) is 16.4 Å². The summed E-state index contributed by atoms with van der Waals surface area (Å²) in [6.07, 6.45) is 10.9. The zero-order chi connectivity index (χ0) is 9.64. The Morgan fingerprint density at radius 2 is 2.14 bits per heavy atom. The Morgan fingerprint density at radius 3 is 2.86 bits per heavy atom. The Hall–Kier alpha value is -0.890. The first-order valence-corrected chi connectivity index (χ1v) is 5.67. The molecular weight excluding hydrogens is 172 g/mol. The quantitative estimate of drug-likeness (QED) is 0.770. The minimum atomic E-state index is 0.865. The third-order valence-corrected chi connectivity index (χ3v) is 3.06. The standard InChI is InChI=1S/C12H18N2/c1-2-6-12(7-3-1)14-10-11-5-4-8-13-9-11/h4-5,8-9,12,14H,1-3,6-7,10H2/p+1. The van der Waals surface area contributed by atoms with Gasteiger partial charge in [0.2, 0.25) is 0 Å². The molecule has 0 unspecified atom stereocenters. The predicted molar refractivity (Wildman–Crippen MR) is 56.7 cm³/mol. The highest BCUT2D eigenvalue weighted by Gasteiger charge is 2.15. The maximum atomic E-state index is 4.13. The van der Waals surface area contributed by atoms with Crippen molar-refractivity contribution in [3.05, 3.63) is 30.1 Å². The average molecular weight is 191 g/mol. The highest BCUT2D eigenvalue weighted by atomic mass is 14.9. The monoisotopic (exact) mass is 191 g/mol. The van der Waals surface area contributed by atoms with Crippen LogP contribution in [0.4, 0.5) is 0 Å². The summed E-state index contributed by atoms with van der Waals surface area (Å²) in [6.45, 7) is 1.10. The van der Waals surface area contributed by atoms with Gasteiger partial charge in [-0.05, 0) is 31.7 Å². The number of rotatable bonds is 3. The molecule has 0 saturated heterocycles. The van der Waals surface area contributed by atoms with Crippen LogP contribution in [-0.4, -0.2) is 11.0 Å². The average Bonchev–Trinajstić information content (AvgIpc) is 2.29. The minimum absolute atomic E-state index is 0.865. The minimum Gasteiger partial charge on any atom is -0.340 e. The number of hydrogen-bond donors (Lipinski definition) is 1. The van der Waals surface area contributed by atoms with Crippen molar-refractivity contribution in [2.45, 2.75) is 44.7 Å². The third kappa shape index (κ3) is 2.81. The van der Waals surface area contributed by atoms with Crippen LogP contribution in [0.15, 0.2) is 24.5 Å². The van der Waals surface area contributed by atoms with Gasteiger partial charge in [-0.1, -0.05) is 12.5 Å². The Bertz CT molecular complexity index is 252. The third-order valence-electron chi connectivity index (χ3n) is 3.06. The molecule has 2 nitrogen and oxygen atoms in total. The number of hydrogen-bond acceptors (Lipinski definition) is 1. The van der Waals surface area contributed by atoms with Gasteiger partial charge in [0.05, 0.1) is 6.04 Å². The fourth-order valence-corrected chi connectivity index (χ4v) is 2.19. The van der Waals surface area contributed by atoms with Crippen molar-refractivity contribution in [2.24, 2.45) is 0 Å². The highest BCUT2D eigenvalue weighted by Crippen LogP contribution is 2.14. The molecule has 1 aliphatic carbocycles. The molecule has 76 valence electrons. The Kier molecular flexibility index (Phi) is 3.52. The van der Waals surface area contributed by atoms with Crippen molar-refractivity contribution in [1.29, 1.82) is 0 Å². The second-order valence-corrected chi connectivity index (χ2v) is 4.20. The summed E-state index contributed by atoms with van der Waals surface area (Å²) < 4.78 is 0. The first-order chi connectivity index (χ1) is 6.95. The van der Waals surface area contributed by atoms with Gasteiger partial charge in [-0.2, -0.15) is 0 Å². The van der Waals surface area contributed by atoms with E-state index in [9.17, 15) is 0 Å². The molecule has 0 aromatic carbocycles. The zero-order valence-corrected chi connectivity index (χ0v) is 8.65. The molecule has 0 bridgehead atoms. The number of pyridine rings is 1. The lowest BCUT2D eigenvalue weighted by molar-refractivity contribution is -0.706. The first-order valence-electron chi connectivity index (χ1n) is 5.67. The van der Waals surface area contributed by atoms with Crippen molar-refractivity contribution in [1.82, 2.24) is 4.98 Å². The van der Waals surface area contributed by atoms with Crippen LogP contribution in [0.3, 0.4) is 0 Å². The lowest BCUT2D eigenvalue weighted by atomic mass is 9.95. The number of aromatic nitrogens is 1. The topological polar surface area (TPSA) is 29.5 Å². The van der Waals surface area contributed by atoms with Crippen LogP contribution < -0.4 is 5.32 Å². The van der Waals surface area contributed by atoms with Crippen LogP contribution in [0.25, 0.3) is 0 Å². The zero-order valence-electron chi connectivity index (χ0n) is 8.65. The molecule has 0 aliphatic heterocycles. The Labute approximate surface area is 85.7 Å². The fourth-order valence-electron chi connectivity index (χ4n) is 2.19. The maximum absolute atomic E-state index is 4.13. The van der Waals surface area contributed by atoms with Gasteiger partial charge in [-0.3, -0.25) is 4.98 Å². The molecule has 1 heterocycles. The number of quaternary nitrogens is 1. The molecule has 1 aliphatic rings. The van der Waals surface area contributed by atoms with Crippen LogP contribution >= 0.6 is 0 Å². The largest absolute Gasteiger partial charge is 0.340 e. The predicted octanol–water partition coefficient (Wildman–Crippen LogP) is 1.48. The number of nitrogens with two attached hydrogens (primary N) is 1. The summed E-state index contributed by atoms with van der Waals surface area (Å²) >= 11 is 0. The van der Waals surface area contributed by atoms with E-state index in [1.54, 1.807) is 0 Å². The molecule has 0 amide bonds. The van der Waals surface area contributed by atoms with Crippen molar-refractivity contribution in [3.8, 4) is 0 Å². The molecule has 14 heavy (non-hydrogen) atoms. The molecule has 2 N–H and O–H groups in total. The molecule has 1 aromatic rings. The Morgan fingerprint density at radius 1 is 1.29 bits per heavy atom. The van der Waals surface area contributed by atoms with E-state index < -0.39 is 0 Å². The van der Waals surface area contributed by atoms with Gasteiger partial charge >= 0.3 is 0 Å². The molecule has 1 fully saturated rings. The van der Waals surface area contributed by atoms with Crippen LogP contribution in [0.1, 0.15) is 37.7 Å². The Balaban J connectivity index is 1.76. The van der Waals surface area contributed by atoms with Gasteiger partial charge in [-0.15, -0.1) is 0 Å². The molecule has 2 heteroatoms. The fraction of sp³-hybridized carbons (Fsp3) is 0.583. The first kappa shape index (κ1) is 9.66. The summed E-state index contributed by atoms with van der Waals surface area (Å²) in [6, 6.07) is 5.04. The van der Waals surface area contributed by atoms with Crippen LogP contribution in [0, 0.1) is 0 Å². The normalized spacial score (nSPS) is 18.3. The van der Waals surface area contributed by atoms with Gasteiger partial charge in [0.15, 0.2) is 0 Å². The molecule has 0 atom stereocenters.